The second-order valence-corrected chi connectivity index (χ2v) is 4.93. The molecule has 1 heterocycles. The Morgan fingerprint density at radius 1 is 1.26 bits per heavy atom. The number of carbonyl (C=O) groups excluding carboxylic acids is 1. The number of aryl methyl sites for hydroxylation is 1. The third-order valence-electron chi connectivity index (χ3n) is 2.28. The van der Waals surface area contributed by atoms with Gasteiger partial charge < -0.3 is 0 Å². The van der Waals surface area contributed by atoms with Crippen molar-refractivity contribution in [2.75, 3.05) is 5.32 Å². The van der Waals surface area contributed by atoms with Gasteiger partial charge in [-0.3, -0.25) is 10.1 Å². The van der Waals surface area contributed by atoms with Gasteiger partial charge in [-0.15, -0.1) is 10.2 Å². The van der Waals surface area contributed by atoms with Crippen LogP contribution in [-0.2, 0) is 6.42 Å². The van der Waals surface area contributed by atoms with Gasteiger partial charge in [-0.05, 0) is 18.6 Å². The highest BCUT2D eigenvalue weighted by molar-refractivity contribution is 7.15. The number of amides is 1. The number of nitrogens with zero attached hydrogens (tertiary/aromatic N) is 2. The predicted octanol–water partition coefficient (Wildman–Crippen LogP) is 3.02. The minimum absolute atomic E-state index is 0.0928. The molecule has 0 aliphatic carbocycles. The maximum absolute atomic E-state index is 13.0. The highest BCUT2D eigenvalue weighted by Gasteiger charge is 2.12. The van der Waals surface area contributed by atoms with Crippen molar-refractivity contribution in [2.45, 2.75) is 19.8 Å². The topological polar surface area (TPSA) is 54.9 Å². The number of hydrogen-bond donors (Lipinski definition) is 1. The van der Waals surface area contributed by atoms with Gasteiger partial charge in [0.05, 0.1) is 0 Å². The van der Waals surface area contributed by atoms with Crippen LogP contribution in [0.25, 0.3) is 0 Å². The van der Waals surface area contributed by atoms with Crippen molar-refractivity contribution in [2.24, 2.45) is 0 Å². The van der Waals surface area contributed by atoms with Crippen LogP contribution >= 0.6 is 11.3 Å². The highest BCUT2D eigenvalue weighted by atomic mass is 32.1. The lowest BCUT2D eigenvalue weighted by Crippen LogP contribution is -2.12. The van der Waals surface area contributed by atoms with E-state index >= 15 is 0 Å². The summed E-state index contributed by atoms with van der Waals surface area (Å²) in [6.45, 7) is 2.01. The third kappa shape index (κ3) is 3.54. The van der Waals surface area contributed by atoms with Gasteiger partial charge in [-0.2, -0.15) is 0 Å². The van der Waals surface area contributed by atoms with Gasteiger partial charge in [0.1, 0.15) is 16.6 Å². The molecule has 0 aliphatic heterocycles. The zero-order chi connectivity index (χ0) is 13.8. The van der Waals surface area contributed by atoms with Crippen LogP contribution in [0.1, 0.15) is 28.7 Å². The third-order valence-corrected chi connectivity index (χ3v) is 3.17. The quantitative estimate of drug-likeness (QED) is 0.938. The monoisotopic (exact) mass is 283 g/mol. The molecular weight excluding hydrogens is 272 g/mol. The fourth-order valence-corrected chi connectivity index (χ4v) is 2.31. The van der Waals surface area contributed by atoms with Gasteiger partial charge in [0.2, 0.25) is 5.13 Å². The summed E-state index contributed by atoms with van der Waals surface area (Å²) in [4.78, 5) is 11.8. The van der Waals surface area contributed by atoms with E-state index in [1.165, 1.54) is 11.3 Å². The van der Waals surface area contributed by atoms with E-state index in [0.29, 0.717) is 11.2 Å². The maximum atomic E-state index is 13.0. The van der Waals surface area contributed by atoms with E-state index in [2.05, 4.69) is 15.5 Å². The molecule has 7 heteroatoms. The fraction of sp³-hybridized carbons (Fsp3) is 0.250. The van der Waals surface area contributed by atoms with Crippen LogP contribution in [0.2, 0.25) is 0 Å². The Hall–Kier alpha value is -1.89. The van der Waals surface area contributed by atoms with E-state index in [1.54, 1.807) is 0 Å². The lowest BCUT2D eigenvalue weighted by Gasteiger charge is -2.01. The van der Waals surface area contributed by atoms with E-state index in [9.17, 15) is 13.6 Å². The Bertz CT molecular complexity index is 580. The van der Waals surface area contributed by atoms with E-state index in [4.69, 9.17) is 0 Å². The van der Waals surface area contributed by atoms with E-state index in [-0.39, 0.29) is 5.56 Å². The molecule has 1 amide bonds. The molecule has 2 aromatic rings. The van der Waals surface area contributed by atoms with Gasteiger partial charge >= 0.3 is 0 Å². The Morgan fingerprint density at radius 3 is 2.58 bits per heavy atom. The van der Waals surface area contributed by atoms with Crippen LogP contribution in [0, 0.1) is 11.6 Å². The number of anilines is 1. The van der Waals surface area contributed by atoms with Crippen molar-refractivity contribution in [1.29, 1.82) is 0 Å². The number of aromatic nitrogens is 2. The van der Waals surface area contributed by atoms with Crippen LogP contribution in [0.15, 0.2) is 18.2 Å². The minimum atomic E-state index is -0.797. The van der Waals surface area contributed by atoms with Gasteiger partial charge in [0, 0.05) is 18.1 Å². The smallest absolute Gasteiger partial charge is 0.257 e. The minimum Gasteiger partial charge on any atom is -0.296 e. The molecule has 1 aromatic carbocycles. The van der Waals surface area contributed by atoms with Gasteiger partial charge in [0.25, 0.3) is 5.91 Å². The first kappa shape index (κ1) is 13.5. The number of nitrogens with one attached hydrogen (secondary N) is 1. The van der Waals surface area contributed by atoms with Crippen LogP contribution in [0.3, 0.4) is 0 Å². The first-order valence-electron chi connectivity index (χ1n) is 5.68. The molecule has 2 rings (SSSR count). The number of benzene rings is 1. The molecule has 0 atom stereocenters. The van der Waals surface area contributed by atoms with Crippen LogP contribution in [0.4, 0.5) is 13.9 Å². The number of rotatable bonds is 4. The average Bonchev–Trinajstić information content (AvgIpc) is 2.76. The Balaban J connectivity index is 2.11. The molecule has 0 aliphatic rings. The summed E-state index contributed by atoms with van der Waals surface area (Å²) in [7, 11) is 0. The molecule has 0 unspecified atom stereocenters. The summed E-state index contributed by atoms with van der Waals surface area (Å²) in [6.07, 6.45) is 1.71. The van der Waals surface area contributed by atoms with Gasteiger partial charge in [-0.1, -0.05) is 18.3 Å². The lowest BCUT2D eigenvalue weighted by atomic mass is 10.2. The molecule has 19 heavy (non-hydrogen) atoms. The molecule has 1 N–H and O–H groups in total. The second-order valence-electron chi connectivity index (χ2n) is 3.86. The molecule has 0 radical (unpaired) electrons. The van der Waals surface area contributed by atoms with Crippen molar-refractivity contribution < 1.29 is 13.6 Å². The Labute approximate surface area is 112 Å². The summed E-state index contributed by atoms with van der Waals surface area (Å²) < 4.78 is 26.0. The standard InChI is InChI=1S/C12H11F2N3OS/c1-2-3-10-16-17-12(19-10)15-11(18)7-4-8(13)6-9(14)5-7/h4-6H,2-3H2,1H3,(H,15,17,18). The normalized spacial score (nSPS) is 10.5. The largest absolute Gasteiger partial charge is 0.296 e. The van der Waals surface area contributed by atoms with E-state index in [0.717, 1.165) is 30.0 Å². The second kappa shape index (κ2) is 5.83. The summed E-state index contributed by atoms with van der Waals surface area (Å²) in [5.41, 5.74) is -0.0928. The van der Waals surface area contributed by atoms with Gasteiger partial charge in [0.15, 0.2) is 0 Å². The highest BCUT2D eigenvalue weighted by Crippen LogP contribution is 2.18. The van der Waals surface area contributed by atoms with E-state index < -0.39 is 17.5 Å². The maximum Gasteiger partial charge on any atom is 0.257 e. The molecule has 0 bridgehead atoms. The Morgan fingerprint density at radius 2 is 1.95 bits per heavy atom. The molecule has 0 saturated heterocycles. The predicted molar refractivity (Wildman–Crippen MR) is 68.2 cm³/mol. The van der Waals surface area contributed by atoms with Gasteiger partial charge in [-0.25, -0.2) is 8.78 Å². The van der Waals surface area contributed by atoms with Crippen molar-refractivity contribution in [1.82, 2.24) is 10.2 Å². The summed E-state index contributed by atoms with van der Waals surface area (Å²) >= 11 is 1.25. The summed E-state index contributed by atoms with van der Waals surface area (Å²) in [5.74, 6) is -2.21. The van der Waals surface area contributed by atoms with Crippen LogP contribution < -0.4 is 5.32 Å². The average molecular weight is 283 g/mol. The van der Waals surface area contributed by atoms with Crippen LogP contribution in [-0.4, -0.2) is 16.1 Å². The molecule has 0 fully saturated rings. The molecular formula is C12H11F2N3OS. The first-order valence-corrected chi connectivity index (χ1v) is 6.50. The molecule has 100 valence electrons. The summed E-state index contributed by atoms with van der Waals surface area (Å²) in [5, 5.41) is 11.3. The first-order chi connectivity index (χ1) is 9.08. The number of hydrogen-bond acceptors (Lipinski definition) is 4. The van der Waals surface area contributed by atoms with Crippen molar-refractivity contribution in [3.63, 3.8) is 0 Å². The van der Waals surface area contributed by atoms with Crippen molar-refractivity contribution in [3.05, 3.63) is 40.4 Å². The fourth-order valence-electron chi connectivity index (χ4n) is 1.47. The Kier molecular flexibility index (Phi) is 4.16. The van der Waals surface area contributed by atoms with Crippen molar-refractivity contribution >= 4 is 22.4 Å². The zero-order valence-corrected chi connectivity index (χ0v) is 10.9. The molecule has 4 nitrogen and oxygen atoms in total. The summed E-state index contributed by atoms with van der Waals surface area (Å²) in [6, 6.07) is 2.64. The molecule has 0 saturated carbocycles. The van der Waals surface area contributed by atoms with Crippen LogP contribution in [0.5, 0.6) is 0 Å². The SMILES string of the molecule is CCCc1nnc(NC(=O)c2cc(F)cc(F)c2)s1. The number of halogens is 2. The zero-order valence-electron chi connectivity index (χ0n) is 10.1. The van der Waals surface area contributed by atoms with Crippen molar-refractivity contribution in [3.8, 4) is 0 Å². The number of carbonyl (C=O) groups is 1. The van der Waals surface area contributed by atoms with E-state index in [1.807, 2.05) is 6.92 Å². The lowest BCUT2D eigenvalue weighted by molar-refractivity contribution is 0.102. The molecule has 1 aromatic heterocycles. The molecule has 0 spiro atoms.